The predicted molar refractivity (Wildman–Crippen MR) is 81.5 cm³/mol. The quantitative estimate of drug-likeness (QED) is 0.386. The summed E-state index contributed by atoms with van der Waals surface area (Å²) in [5.74, 6) is 0. The standard InChI is InChI=1S/C8H8I2O2S.H4Si/c1-6-2-4-7(5-3-6)13(11,12)8(9)10;/h2-5,8H,1H3;1H4. The lowest BCUT2D eigenvalue weighted by atomic mass is 10.2. The Labute approximate surface area is 116 Å². The van der Waals surface area contributed by atoms with E-state index in [0.717, 1.165) is 5.56 Å². The van der Waals surface area contributed by atoms with Gasteiger partial charge in [-0.1, -0.05) is 62.9 Å². The molecule has 1 rings (SSSR count). The third kappa shape index (κ3) is 3.45. The van der Waals surface area contributed by atoms with E-state index in [4.69, 9.17) is 0 Å². The third-order valence-electron chi connectivity index (χ3n) is 1.58. The second-order valence-electron chi connectivity index (χ2n) is 2.62. The highest BCUT2D eigenvalue weighted by atomic mass is 127. The van der Waals surface area contributed by atoms with Gasteiger partial charge in [0.1, 0.15) is 0 Å². The highest BCUT2D eigenvalue weighted by Crippen LogP contribution is 2.25. The van der Waals surface area contributed by atoms with Gasteiger partial charge in [-0.15, -0.1) is 0 Å². The van der Waals surface area contributed by atoms with E-state index < -0.39 is 11.1 Å². The molecule has 6 heteroatoms. The Kier molecular flexibility index (Phi) is 6.15. The Morgan fingerprint density at radius 1 is 1.14 bits per heavy atom. The first kappa shape index (κ1) is 14.8. The van der Waals surface area contributed by atoms with Crippen molar-refractivity contribution in [1.82, 2.24) is 0 Å². The molecule has 0 bridgehead atoms. The van der Waals surface area contributed by atoms with E-state index in [-0.39, 0.29) is 11.0 Å². The number of rotatable bonds is 2. The Bertz CT molecular complexity index is 386. The minimum Gasteiger partial charge on any atom is -0.222 e. The van der Waals surface area contributed by atoms with Crippen LogP contribution in [0.4, 0.5) is 0 Å². The molecule has 0 radical (unpaired) electrons. The van der Waals surface area contributed by atoms with Crippen LogP contribution >= 0.6 is 45.2 Å². The normalized spacial score (nSPS) is 11.1. The van der Waals surface area contributed by atoms with Gasteiger partial charge in [0, 0.05) is 0 Å². The van der Waals surface area contributed by atoms with Gasteiger partial charge in [-0.25, -0.2) is 8.42 Å². The number of alkyl halides is 2. The molecule has 0 aliphatic rings. The second-order valence-corrected chi connectivity index (χ2v) is 11.2. The number of hydrogen-bond acceptors (Lipinski definition) is 2. The van der Waals surface area contributed by atoms with Crippen molar-refractivity contribution in [3.8, 4) is 0 Å². The smallest absolute Gasteiger partial charge is 0.199 e. The van der Waals surface area contributed by atoms with Crippen LogP contribution in [0.25, 0.3) is 0 Å². The van der Waals surface area contributed by atoms with Crippen molar-refractivity contribution in [1.29, 1.82) is 0 Å². The molecule has 0 aliphatic heterocycles. The molecule has 0 N–H and O–H groups in total. The van der Waals surface area contributed by atoms with Crippen LogP contribution < -0.4 is 0 Å². The fourth-order valence-corrected chi connectivity index (χ4v) is 3.31. The zero-order valence-corrected chi connectivity index (χ0v) is 12.0. The maximum atomic E-state index is 11.6. The number of halogens is 2. The number of aryl methyl sites for hydroxylation is 1. The van der Waals surface area contributed by atoms with Gasteiger partial charge in [-0.2, -0.15) is 0 Å². The van der Waals surface area contributed by atoms with Crippen molar-refractivity contribution in [2.45, 2.75) is 13.1 Å². The van der Waals surface area contributed by atoms with Crippen molar-refractivity contribution in [3.63, 3.8) is 0 Å². The molecular formula is C8H12I2O2SSi. The second kappa shape index (κ2) is 5.80. The van der Waals surface area contributed by atoms with Crippen molar-refractivity contribution < 1.29 is 8.42 Å². The molecule has 2 nitrogen and oxygen atoms in total. The largest absolute Gasteiger partial charge is 0.222 e. The molecule has 0 heterocycles. The van der Waals surface area contributed by atoms with E-state index in [9.17, 15) is 8.42 Å². The van der Waals surface area contributed by atoms with Gasteiger partial charge in [0.2, 0.25) is 0 Å². The van der Waals surface area contributed by atoms with Crippen LogP contribution in [0, 0.1) is 6.92 Å². The molecule has 1 aromatic carbocycles. The molecule has 0 spiro atoms. The Morgan fingerprint density at radius 2 is 1.57 bits per heavy atom. The molecule has 0 aromatic heterocycles. The van der Waals surface area contributed by atoms with E-state index in [1.165, 1.54) is 0 Å². The SMILES string of the molecule is Cc1ccc(S(=O)(=O)C(I)I)cc1.[SiH4]. The fourth-order valence-electron chi connectivity index (χ4n) is 0.831. The molecule has 0 saturated carbocycles. The van der Waals surface area contributed by atoms with Crippen molar-refractivity contribution in [2.24, 2.45) is 0 Å². The van der Waals surface area contributed by atoms with Gasteiger partial charge in [0.25, 0.3) is 0 Å². The van der Waals surface area contributed by atoms with Gasteiger partial charge in [-0.05, 0) is 30.0 Å². The molecule has 0 atom stereocenters. The molecule has 0 unspecified atom stereocenters. The first-order valence-corrected chi connectivity index (χ1v) is 7.57. The van der Waals surface area contributed by atoms with Crippen LogP contribution in [0.1, 0.15) is 5.56 Å². The summed E-state index contributed by atoms with van der Waals surface area (Å²) in [5.41, 5.74) is 1.07. The predicted octanol–water partition coefficient (Wildman–Crippen LogP) is 1.47. The van der Waals surface area contributed by atoms with E-state index in [1.54, 1.807) is 12.1 Å². The molecule has 0 amide bonds. The number of hydrogen-bond donors (Lipinski definition) is 0. The average Bonchev–Trinajstić information content (AvgIpc) is 2.04. The summed E-state index contributed by atoms with van der Waals surface area (Å²) in [5, 5.41) is 0. The fraction of sp³-hybridized carbons (Fsp3) is 0.250. The lowest BCUT2D eigenvalue weighted by molar-refractivity contribution is 0.600. The van der Waals surface area contributed by atoms with Gasteiger partial charge in [0.05, 0.1) is 4.90 Å². The van der Waals surface area contributed by atoms with Crippen molar-refractivity contribution in [3.05, 3.63) is 29.8 Å². The molecule has 14 heavy (non-hydrogen) atoms. The van der Waals surface area contributed by atoms with E-state index >= 15 is 0 Å². The maximum Gasteiger partial charge on any atom is 0.199 e. The highest BCUT2D eigenvalue weighted by molar-refractivity contribution is 14.2. The van der Waals surface area contributed by atoms with Crippen LogP contribution in [0.15, 0.2) is 29.2 Å². The summed E-state index contributed by atoms with van der Waals surface area (Å²) in [7, 11) is -3.12. The molecule has 1 aromatic rings. The highest BCUT2D eigenvalue weighted by Gasteiger charge is 2.21. The topological polar surface area (TPSA) is 34.1 Å². The minimum absolute atomic E-state index is 0. The molecule has 0 fully saturated rings. The van der Waals surface area contributed by atoms with Gasteiger partial charge in [0.15, 0.2) is 11.1 Å². The summed E-state index contributed by atoms with van der Waals surface area (Å²) in [6, 6.07) is 6.91. The van der Waals surface area contributed by atoms with Crippen LogP contribution in [0.3, 0.4) is 0 Å². The lowest BCUT2D eigenvalue weighted by Gasteiger charge is -2.04. The first-order chi connectivity index (χ1) is 5.94. The number of sulfone groups is 1. The van der Waals surface area contributed by atoms with Crippen molar-refractivity contribution >= 4 is 66.0 Å². The Balaban J connectivity index is 0.00000169. The van der Waals surface area contributed by atoms with Gasteiger partial charge < -0.3 is 0 Å². The van der Waals surface area contributed by atoms with E-state index in [0.29, 0.717) is 4.90 Å². The summed E-state index contributed by atoms with van der Waals surface area (Å²) in [4.78, 5) is 0.395. The average molecular weight is 454 g/mol. The van der Waals surface area contributed by atoms with E-state index in [1.807, 2.05) is 64.2 Å². The zero-order valence-electron chi connectivity index (χ0n) is 6.87. The minimum atomic E-state index is -3.12. The van der Waals surface area contributed by atoms with Crippen LogP contribution in [-0.4, -0.2) is 20.6 Å². The number of benzene rings is 1. The van der Waals surface area contributed by atoms with Gasteiger partial charge >= 0.3 is 0 Å². The molecule has 0 aliphatic carbocycles. The van der Waals surface area contributed by atoms with Crippen LogP contribution in [-0.2, 0) is 9.84 Å². The summed E-state index contributed by atoms with van der Waals surface area (Å²) >= 11 is 3.79. The van der Waals surface area contributed by atoms with E-state index in [2.05, 4.69) is 0 Å². The Morgan fingerprint density at radius 3 is 1.93 bits per heavy atom. The maximum absolute atomic E-state index is 11.6. The molecule has 80 valence electrons. The molecule has 0 saturated heterocycles. The monoisotopic (exact) mass is 454 g/mol. The molecular weight excluding hydrogens is 442 g/mol. The zero-order chi connectivity index (χ0) is 10.1. The van der Waals surface area contributed by atoms with Gasteiger partial charge in [-0.3, -0.25) is 0 Å². The summed E-state index contributed by atoms with van der Waals surface area (Å²) in [6.45, 7) is 1.93. The van der Waals surface area contributed by atoms with Crippen LogP contribution in [0.5, 0.6) is 0 Å². The summed E-state index contributed by atoms with van der Waals surface area (Å²) < 4.78 is 22.8. The summed E-state index contributed by atoms with van der Waals surface area (Å²) in [6.07, 6.45) is 0. The Hall–Kier alpha value is 0.847. The first-order valence-electron chi connectivity index (χ1n) is 3.53. The van der Waals surface area contributed by atoms with Crippen LogP contribution in [0.2, 0.25) is 0 Å². The van der Waals surface area contributed by atoms with Crippen molar-refractivity contribution in [2.75, 3.05) is 0 Å². The third-order valence-corrected chi connectivity index (χ3v) is 7.00. The lowest BCUT2D eigenvalue weighted by Crippen LogP contribution is -2.07.